The summed E-state index contributed by atoms with van der Waals surface area (Å²) in [4.78, 5) is 10.9. The number of nitrogens with one attached hydrogen (secondary N) is 1. The van der Waals surface area contributed by atoms with Crippen molar-refractivity contribution < 1.29 is 35.9 Å². The van der Waals surface area contributed by atoms with Crippen molar-refractivity contribution in [2.45, 2.75) is 6.18 Å². The summed E-state index contributed by atoms with van der Waals surface area (Å²) in [6.45, 7) is -0.359. The summed E-state index contributed by atoms with van der Waals surface area (Å²) in [6, 6.07) is 4.00. The van der Waals surface area contributed by atoms with Gasteiger partial charge in [0.25, 0.3) is 0 Å². The highest BCUT2D eigenvalue weighted by molar-refractivity contribution is 6.04. The number of alkyl halides is 3. The molecule has 1 N–H and O–H groups in total. The summed E-state index contributed by atoms with van der Waals surface area (Å²) in [5.41, 5.74) is -0.763. The zero-order valence-corrected chi connectivity index (χ0v) is 12.6. The number of amides is 1. The van der Waals surface area contributed by atoms with Crippen LogP contribution < -0.4 is 5.43 Å². The Bertz CT molecular complexity index is 924. The zero-order chi connectivity index (χ0) is 19.1. The van der Waals surface area contributed by atoms with Gasteiger partial charge in [-0.05, 0) is 23.8 Å². The SMILES string of the molecule is O=C1NN=C(c2ccc(-c3ccc(F)c(F)c3F)c(C(F)(F)F)c2)CO1. The van der Waals surface area contributed by atoms with Crippen LogP contribution in [0.3, 0.4) is 0 Å². The predicted molar refractivity (Wildman–Crippen MR) is 77.8 cm³/mol. The second-order valence-corrected chi connectivity index (χ2v) is 5.23. The van der Waals surface area contributed by atoms with E-state index in [1.165, 1.54) is 6.07 Å². The van der Waals surface area contributed by atoms with Crippen molar-refractivity contribution in [2.75, 3.05) is 6.61 Å². The van der Waals surface area contributed by atoms with Gasteiger partial charge in [-0.15, -0.1) is 0 Å². The molecule has 2 aromatic carbocycles. The lowest BCUT2D eigenvalue weighted by Crippen LogP contribution is -2.30. The highest BCUT2D eigenvalue weighted by Crippen LogP contribution is 2.39. The quantitative estimate of drug-likeness (QED) is 0.632. The predicted octanol–water partition coefficient (Wildman–Crippen LogP) is 4.23. The zero-order valence-electron chi connectivity index (χ0n) is 12.6. The van der Waals surface area contributed by atoms with Crippen LogP contribution in [0.4, 0.5) is 31.1 Å². The van der Waals surface area contributed by atoms with E-state index in [4.69, 9.17) is 0 Å². The van der Waals surface area contributed by atoms with E-state index in [0.29, 0.717) is 12.1 Å². The molecule has 0 unspecified atom stereocenters. The fraction of sp³-hybridized carbons (Fsp3) is 0.125. The first-order valence-corrected chi connectivity index (χ1v) is 7.03. The minimum atomic E-state index is -4.91. The Kier molecular flexibility index (Phi) is 4.34. The lowest BCUT2D eigenvalue weighted by Gasteiger charge is -2.18. The average molecular weight is 374 g/mol. The van der Waals surface area contributed by atoms with Crippen LogP contribution in [0.25, 0.3) is 11.1 Å². The molecule has 0 fully saturated rings. The van der Waals surface area contributed by atoms with E-state index < -0.39 is 46.4 Å². The number of hydrazone groups is 1. The Labute approximate surface area is 142 Å². The van der Waals surface area contributed by atoms with Crippen molar-refractivity contribution in [3.63, 3.8) is 0 Å². The number of hydrogen-bond acceptors (Lipinski definition) is 3. The van der Waals surface area contributed by atoms with Gasteiger partial charge in [0, 0.05) is 11.1 Å². The highest BCUT2D eigenvalue weighted by Gasteiger charge is 2.35. The Morgan fingerprint density at radius 3 is 2.31 bits per heavy atom. The molecule has 136 valence electrons. The Hall–Kier alpha value is -3.04. The van der Waals surface area contributed by atoms with Gasteiger partial charge in [0.15, 0.2) is 17.5 Å². The number of hydrogen-bond donors (Lipinski definition) is 1. The normalized spacial score (nSPS) is 14.5. The molecule has 1 heterocycles. The number of halogens is 6. The van der Waals surface area contributed by atoms with Crippen molar-refractivity contribution >= 4 is 11.8 Å². The van der Waals surface area contributed by atoms with Crippen LogP contribution in [0.1, 0.15) is 11.1 Å². The lowest BCUT2D eigenvalue weighted by molar-refractivity contribution is -0.137. The molecule has 0 saturated heterocycles. The van der Waals surface area contributed by atoms with Gasteiger partial charge in [0.2, 0.25) is 0 Å². The van der Waals surface area contributed by atoms with Crippen LogP contribution >= 0.6 is 0 Å². The first-order valence-electron chi connectivity index (χ1n) is 7.03. The number of rotatable bonds is 2. The molecule has 1 amide bonds. The first kappa shape index (κ1) is 17.8. The Morgan fingerprint density at radius 2 is 1.69 bits per heavy atom. The third kappa shape index (κ3) is 3.22. The van der Waals surface area contributed by atoms with E-state index in [9.17, 15) is 31.1 Å². The maximum Gasteiger partial charge on any atom is 0.428 e. The summed E-state index contributed by atoms with van der Waals surface area (Å²) >= 11 is 0. The van der Waals surface area contributed by atoms with Gasteiger partial charge in [-0.2, -0.15) is 18.3 Å². The molecule has 0 atom stereocenters. The fourth-order valence-electron chi connectivity index (χ4n) is 2.39. The molecule has 1 aliphatic heterocycles. The molecule has 3 rings (SSSR count). The molecule has 26 heavy (non-hydrogen) atoms. The molecule has 1 aliphatic rings. The van der Waals surface area contributed by atoms with Crippen LogP contribution in [0, 0.1) is 17.5 Å². The first-order chi connectivity index (χ1) is 12.2. The molecule has 10 heteroatoms. The second-order valence-electron chi connectivity index (χ2n) is 5.23. The van der Waals surface area contributed by atoms with Crippen LogP contribution in [0.5, 0.6) is 0 Å². The van der Waals surface area contributed by atoms with Crippen LogP contribution in [0.15, 0.2) is 35.4 Å². The number of cyclic esters (lactones) is 1. The van der Waals surface area contributed by atoms with Crippen molar-refractivity contribution in [1.29, 1.82) is 0 Å². The van der Waals surface area contributed by atoms with Crippen molar-refractivity contribution in [3.8, 4) is 11.1 Å². The molecule has 0 aromatic heterocycles. The maximum atomic E-state index is 13.9. The molecule has 0 saturated carbocycles. The molecule has 0 bridgehead atoms. The molecule has 4 nitrogen and oxygen atoms in total. The molecular weight excluding hydrogens is 366 g/mol. The molecule has 2 aromatic rings. The van der Waals surface area contributed by atoms with E-state index in [-0.39, 0.29) is 17.9 Å². The van der Waals surface area contributed by atoms with Crippen molar-refractivity contribution in [3.05, 3.63) is 58.9 Å². The minimum absolute atomic E-state index is 0.00686. The van der Waals surface area contributed by atoms with E-state index in [1.54, 1.807) is 0 Å². The van der Waals surface area contributed by atoms with Gasteiger partial charge in [0.05, 0.1) is 5.56 Å². The number of nitrogens with zero attached hydrogens (tertiary/aromatic N) is 1. The highest BCUT2D eigenvalue weighted by atomic mass is 19.4. The van der Waals surface area contributed by atoms with E-state index in [2.05, 4.69) is 9.84 Å². The summed E-state index contributed by atoms with van der Waals surface area (Å²) in [7, 11) is 0. The Balaban J connectivity index is 2.16. The number of carbonyl (C=O) groups is 1. The summed E-state index contributed by atoms with van der Waals surface area (Å²) in [6.07, 6.45) is -5.77. The van der Waals surface area contributed by atoms with E-state index in [0.717, 1.165) is 12.1 Å². The van der Waals surface area contributed by atoms with Gasteiger partial charge < -0.3 is 4.74 Å². The van der Waals surface area contributed by atoms with Crippen molar-refractivity contribution in [1.82, 2.24) is 5.43 Å². The topological polar surface area (TPSA) is 50.7 Å². The number of carbonyl (C=O) groups excluding carboxylic acids is 1. The largest absolute Gasteiger partial charge is 0.442 e. The maximum absolute atomic E-state index is 13.9. The number of benzene rings is 2. The van der Waals surface area contributed by atoms with Gasteiger partial charge >= 0.3 is 12.3 Å². The van der Waals surface area contributed by atoms with E-state index in [1.807, 2.05) is 5.43 Å². The standard InChI is InChI=1S/C16H8F6N2O2/c17-11-4-3-9(13(18)14(11)19)8-2-1-7(5-10(8)16(20,21)22)12-6-26-15(25)24-23-12/h1-5H,6H2,(H,24,25). The fourth-order valence-corrected chi connectivity index (χ4v) is 2.39. The van der Waals surface area contributed by atoms with Gasteiger partial charge in [0.1, 0.15) is 12.3 Å². The molecule has 0 radical (unpaired) electrons. The van der Waals surface area contributed by atoms with Crippen molar-refractivity contribution in [2.24, 2.45) is 5.10 Å². The molecular formula is C16H8F6N2O2. The van der Waals surface area contributed by atoms with E-state index >= 15 is 0 Å². The molecule has 0 aliphatic carbocycles. The van der Waals surface area contributed by atoms with Crippen LogP contribution in [-0.4, -0.2) is 18.4 Å². The Morgan fingerprint density at radius 1 is 1.00 bits per heavy atom. The van der Waals surface area contributed by atoms with Gasteiger partial charge in [-0.3, -0.25) is 0 Å². The monoisotopic (exact) mass is 374 g/mol. The second kappa shape index (κ2) is 6.36. The number of ether oxygens (including phenoxy) is 1. The summed E-state index contributed by atoms with van der Waals surface area (Å²) in [5.74, 6) is -5.11. The minimum Gasteiger partial charge on any atom is -0.442 e. The molecule has 0 spiro atoms. The summed E-state index contributed by atoms with van der Waals surface area (Å²) < 4.78 is 85.3. The average Bonchev–Trinajstić information content (AvgIpc) is 2.59. The third-order valence-corrected chi connectivity index (χ3v) is 3.61. The van der Waals surface area contributed by atoms with Gasteiger partial charge in [-0.1, -0.05) is 12.1 Å². The third-order valence-electron chi connectivity index (χ3n) is 3.61. The lowest BCUT2D eigenvalue weighted by atomic mass is 9.95. The smallest absolute Gasteiger partial charge is 0.428 e. The van der Waals surface area contributed by atoms with Gasteiger partial charge in [-0.25, -0.2) is 23.4 Å². The summed E-state index contributed by atoms with van der Waals surface area (Å²) in [5, 5.41) is 3.59. The van der Waals surface area contributed by atoms with Crippen LogP contribution in [-0.2, 0) is 10.9 Å². The van der Waals surface area contributed by atoms with Crippen LogP contribution in [0.2, 0.25) is 0 Å².